The van der Waals surface area contributed by atoms with Crippen LogP contribution in [0, 0.1) is 12.8 Å². The van der Waals surface area contributed by atoms with E-state index in [1.807, 2.05) is 36.1 Å². The molecule has 1 saturated carbocycles. The number of hydrogen-bond acceptors (Lipinski definition) is 2. The standard InChI is InChI=1S/C17H21NO2/c1-12-7-9-13(10-8-12)16(19)15-6-3-11-18(15)17(20)14-4-2-5-14/h7-10,14-15H,2-6,11H2,1H3. The smallest absolute Gasteiger partial charge is 0.226 e. The van der Waals surface area contributed by atoms with Crippen molar-refractivity contribution in [1.82, 2.24) is 4.90 Å². The monoisotopic (exact) mass is 271 g/mol. The van der Waals surface area contributed by atoms with Gasteiger partial charge in [0.05, 0.1) is 6.04 Å². The number of likely N-dealkylation sites (tertiary alicyclic amines) is 1. The molecule has 1 aliphatic carbocycles. The highest BCUT2D eigenvalue weighted by molar-refractivity contribution is 6.02. The molecular formula is C17H21NO2. The summed E-state index contributed by atoms with van der Waals surface area (Å²) in [7, 11) is 0. The lowest BCUT2D eigenvalue weighted by Gasteiger charge is -2.32. The summed E-state index contributed by atoms with van der Waals surface area (Å²) in [6.45, 7) is 2.76. The van der Waals surface area contributed by atoms with Gasteiger partial charge >= 0.3 is 0 Å². The fraction of sp³-hybridized carbons (Fsp3) is 0.529. The van der Waals surface area contributed by atoms with E-state index in [9.17, 15) is 9.59 Å². The Kier molecular flexibility index (Phi) is 3.60. The van der Waals surface area contributed by atoms with Gasteiger partial charge in [0.25, 0.3) is 0 Å². The van der Waals surface area contributed by atoms with Gasteiger partial charge in [-0.25, -0.2) is 0 Å². The van der Waals surface area contributed by atoms with Crippen LogP contribution in [-0.2, 0) is 4.79 Å². The molecule has 0 spiro atoms. The summed E-state index contributed by atoms with van der Waals surface area (Å²) in [5, 5.41) is 0. The number of Topliss-reactive ketones (excluding diaryl/α,β-unsaturated/α-hetero) is 1. The number of hydrogen-bond donors (Lipinski definition) is 0. The van der Waals surface area contributed by atoms with E-state index in [1.165, 1.54) is 0 Å². The number of carbonyl (C=O) groups is 2. The van der Waals surface area contributed by atoms with Crippen LogP contribution in [0.3, 0.4) is 0 Å². The van der Waals surface area contributed by atoms with Gasteiger partial charge in [-0.3, -0.25) is 9.59 Å². The third-order valence-electron chi connectivity index (χ3n) is 4.63. The van der Waals surface area contributed by atoms with E-state index < -0.39 is 0 Å². The van der Waals surface area contributed by atoms with Crippen LogP contribution in [-0.4, -0.2) is 29.2 Å². The minimum atomic E-state index is -0.231. The third kappa shape index (κ3) is 2.37. The van der Waals surface area contributed by atoms with Crippen LogP contribution in [0.15, 0.2) is 24.3 Å². The Morgan fingerprint density at radius 2 is 1.75 bits per heavy atom. The summed E-state index contributed by atoms with van der Waals surface area (Å²) in [4.78, 5) is 26.8. The largest absolute Gasteiger partial charge is 0.332 e. The van der Waals surface area contributed by atoms with Gasteiger partial charge in [0.15, 0.2) is 5.78 Å². The van der Waals surface area contributed by atoms with Gasteiger partial charge in [-0.2, -0.15) is 0 Å². The molecule has 1 saturated heterocycles. The summed E-state index contributed by atoms with van der Waals surface area (Å²) >= 11 is 0. The highest BCUT2D eigenvalue weighted by Gasteiger charge is 2.38. The second kappa shape index (κ2) is 5.39. The van der Waals surface area contributed by atoms with Crippen molar-refractivity contribution in [1.29, 1.82) is 0 Å². The maximum Gasteiger partial charge on any atom is 0.226 e. The molecular weight excluding hydrogens is 250 g/mol. The van der Waals surface area contributed by atoms with Crippen LogP contribution in [0.1, 0.15) is 48.0 Å². The highest BCUT2D eigenvalue weighted by Crippen LogP contribution is 2.32. The third-order valence-corrected chi connectivity index (χ3v) is 4.63. The quantitative estimate of drug-likeness (QED) is 0.793. The van der Waals surface area contributed by atoms with Crippen molar-refractivity contribution in [3.63, 3.8) is 0 Å². The highest BCUT2D eigenvalue weighted by atomic mass is 16.2. The SMILES string of the molecule is Cc1ccc(C(=O)C2CCCN2C(=O)C2CCC2)cc1. The van der Waals surface area contributed by atoms with Crippen molar-refractivity contribution in [2.45, 2.75) is 45.1 Å². The van der Waals surface area contributed by atoms with Crippen molar-refractivity contribution in [3.05, 3.63) is 35.4 Å². The molecule has 106 valence electrons. The van der Waals surface area contributed by atoms with E-state index in [1.54, 1.807) is 0 Å². The van der Waals surface area contributed by atoms with Crippen molar-refractivity contribution in [2.75, 3.05) is 6.54 Å². The average Bonchev–Trinajstić information content (AvgIpc) is 2.85. The van der Waals surface area contributed by atoms with E-state index in [0.717, 1.165) is 49.8 Å². The molecule has 20 heavy (non-hydrogen) atoms. The molecule has 1 amide bonds. The second-order valence-corrected chi connectivity index (χ2v) is 6.05. The number of aryl methyl sites for hydroxylation is 1. The zero-order valence-electron chi connectivity index (χ0n) is 12.0. The molecule has 1 atom stereocenters. The first kappa shape index (κ1) is 13.3. The molecule has 2 aliphatic rings. The molecule has 2 fully saturated rings. The summed E-state index contributed by atoms with van der Waals surface area (Å²) in [5.74, 6) is 0.496. The zero-order valence-corrected chi connectivity index (χ0v) is 12.0. The Labute approximate surface area is 120 Å². The van der Waals surface area contributed by atoms with Crippen LogP contribution in [0.4, 0.5) is 0 Å². The molecule has 0 bridgehead atoms. The maximum atomic E-state index is 12.6. The number of rotatable bonds is 3. The van der Waals surface area contributed by atoms with Crippen LogP contribution >= 0.6 is 0 Å². The average molecular weight is 271 g/mol. The molecule has 1 unspecified atom stereocenters. The zero-order chi connectivity index (χ0) is 14.1. The van der Waals surface area contributed by atoms with Crippen molar-refractivity contribution < 1.29 is 9.59 Å². The van der Waals surface area contributed by atoms with Crippen LogP contribution in [0.25, 0.3) is 0 Å². The Bertz CT molecular complexity index is 516. The first-order chi connectivity index (χ1) is 9.66. The Morgan fingerprint density at radius 3 is 2.35 bits per heavy atom. The van der Waals surface area contributed by atoms with Gasteiger partial charge in [0, 0.05) is 18.0 Å². The lowest BCUT2D eigenvalue weighted by molar-refractivity contribution is -0.138. The fourth-order valence-electron chi connectivity index (χ4n) is 3.10. The summed E-state index contributed by atoms with van der Waals surface area (Å²) < 4.78 is 0. The molecule has 3 nitrogen and oxygen atoms in total. The van der Waals surface area contributed by atoms with Gasteiger partial charge in [0.2, 0.25) is 5.91 Å². The minimum Gasteiger partial charge on any atom is -0.332 e. The van der Waals surface area contributed by atoms with E-state index in [-0.39, 0.29) is 23.7 Å². The van der Waals surface area contributed by atoms with E-state index in [0.29, 0.717) is 0 Å². The van der Waals surface area contributed by atoms with Crippen molar-refractivity contribution in [3.8, 4) is 0 Å². The molecule has 1 aromatic carbocycles. The molecule has 0 aromatic heterocycles. The Balaban J connectivity index is 1.75. The van der Waals surface area contributed by atoms with Crippen LogP contribution in [0.2, 0.25) is 0 Å². The second-order valence-electron chi connectivity index (χ2n) is 6.05. The fourth-order valence-corrected chi connectivity index (χ4v) is 3.10. The number of amides is 1. The Hall–Kier alpha value is -1.64. The summed E-state index contributed by atoms with van der Waals surface area (Å²) in [6, 6.07) is 7.44. The summed E-state index contributed by atoms with van der Waals surface area (Å²) in [5.41, 5.74) is 1.88. The molecule has 0 N–H and O–H groups in total. The molecule has 1 aliphatic heterocycles. The first-order valence-corrected chi connectivity index (χ1v) is 7.58. The van der Waals surface area contributed by atoms with Crippen molar-refractivity contribution >= 4 is 11.7 Å². The topological polar surface area (TPSA) is 37.4 Å². The molecule has 3 rings (SSSR count). The molecule has 1 aromatic rings. The minimum absolute atomic E-state index is 0.107. The van der Waals surface area contributed by atoms with Gasteiger partial charge in [-0.1, -0.05) is 36.2 Å². The van der Waals surface area contributed by atoms with Crippen LogP contribution in [0.5, 0.6) is 0 Å². The molecule has 3 heteroatoms. The van der Waals surface area contributed by atoms with Crippen LogP contribution < -0.4 is 0 Å². The van der Waals surface area contributed by atoms with E-state index >= 15 is 0 Å². The number of benzene rings is 1. The molecule has 1 heterocycles. The summed E-state index contributed by atoms with van der Waals surface area (Å²) in [6.07, 6.45) is 4.91. The Morgan fingerprint density at radius 1 is 1.05 bits per heavy atom. The van der Waals surface area contributed by atoms with Gasteiger partial charge in [-0.15, -0.1) is 0 Å². The number of nitrogens with zero attached hydrogens (tertiary/aromatic N) is 1. The van der Waals surface area contributed by atoms with Crippen molar-refractivity contribution in [2.24, 2.45) is 5.92 Å². The lowest BCUT2D eigenvalue weighted by Crippen LogP contribution is -2.45. The van der Waals surface area contributed by atoms with Gasteiger partial charge < -0.3 is 4.90 Å². The predicted molar refractivity (Wildman–Crippen MR) is 77.6 cm³/mol. The first-order valence-electron chi connectivity index (χ1n) is 7.58. The predicted octanol–water partition coefficient (Wildman–Crippen LogP) is 2.97. The maximum absolute atomic E-state index is 12.6. The van der Waals surface area contributed by atoms with E-state index in [4.69, 9.17) is 0 Å². The molecule has 0 radical (unpaired) electrons. The van der Waals surface area contributed by atoms with E-state index in [2.05, 4.69) is 0 Å². The lowest BCUT2D eigenvalue weighted by atomic mass is 9.84. The number of ketones is 1. The van der Waals surface area contributed by atoms with Gasteiger partial charge in [-0.05, 0) is 32.6 Å². The number of carbonyl (C=O) groups excluding carboxylic acids is 2. The normalized spacial score (nSPS) is 22.6. The van der Waals surface area contributed by atoms with Gasteiger partial charge in [0.1, 0.15) is 0 Å².